The van der Waals surface area contributed by atoms with E-state index in [-0.39, 0.29) is 5.91 Å². The van der Waals surface area contributed by atoms with Gasteiger partial charge in [-0.05, 0) is 50.6 Å². The lowest BCUT2D eigenvalue weighted by Crippen LogP contribution is -2.12. The third-order valence-electron chi connectivity index (χ3n) is 4.45. The molecule has 0 atom stereocenters. The number of carbonyl (C=O) groups is 1. The van der Waals surface area contributed by atoms with Crippen LogP contribution in [-0.4, -0.2) is 16.0 Å². The van der Waals surface area contributed by atoms with Crippen LogP contribution in [0, 0.1) is 20.8 Å². The van der Waals surface area contributed by atoms with Crippen molar-refractivity contribution in [3.63, 3.8) is 0 Å². The van der Waals surface area contributed by atoms with Crippen molar-refractivity contribution in [2.75, 3.05) is 5.32 Å². The molecule has 4 aromatic rings. The van der Waals surface area contributed by atoms with Crippen LogP contribution in [0.4, 0.5) is 5.13 Å². The summed E-state index contributed by atoms with van der Waals surface area (Å²) < 4.78 is 6.29. The lowest BCUT2D eigenvalue weighted by Gasteiger charge is -2.08. The molecule has 2 aromatic heterocycles. The number of thiazole rings is 1. The molecule has 0 saturated heterocycles. The second-order valence-corrected chi connectivity index (χ2v) is 8.58. The number of carbonyl (C=O) groups excluding carboxylic acids is 1. The fourth-order valence-electron chi connectivity index (χ4n) is 2.89. The van der Waals surface area contributed by atoms with E-state index >= 15 is 0 Å². The molecular weight excluding hydrogens is 390 g/mol. The largest absolute Gasteiger partial charge is 0.361 e. The zero-order chi connectivity index (χ0) is 19.7. The number of nitrogens with one attached hydrogen (secondary N) is 1. The fraction of sp³-hybridized carbons (Fsp3) is 0.190. The number of anilines is 1. The Balaban J connectivity index is 1.54. The first kappa shape index (κ1) is 18.7. The van der Waals surface area contributed by atoms with Crippen molar-refractivity contribution in [1.29, 1.82) is 0 Å². The number of rotatable bonds is 5. The second kappa shape index (κ2) is 7.77. The van der Waals surface area contributed by atoms with E-state index in [0.717, 1.165) is 32.1 Å². The Morgan fingerprint density at radius 2 is 2.00 bits per heavy atom. The Morgan fingerprint density at radius 3 is 2.79 bits per heavy atom. The minimum absolute atomic E-state index is 0.155. The molecule has 0 saturated carbocycles. The Bertz CT molecular complexity index is 1140. The Kier molecular flexibility index (Phi) is 5.19. The highest BCUT2D eigenvalue weighted by Crippen LogP contribution is 2.31. The highest BCUT2D eigenvalue weighted by atomic mass is 32.2. The summed E-state index contributed by atoms with van der Waals surface area (Å²) in [4.78, 5) is 18.3. The van der Waals surface area contributed by atoms with Gasteiger partial charge in [0.2, 0.25) is 0 Å². The first-order chi connectivity index (χ1) is 13.5. The Morgan fingerprint density at radius 1 is 1.18 bits per heavy atom. The van der Waals surface area contributed by atoms with Gasteiger partial charge in [0.05, 0.1) is 21.5 Å². The molecule has 0 unspecified atom stereocenters. The normalized spacial score (nSPS) is 11.1. The maximum absolute atomic E-state index is 12.9. The van der Waals surface area contributed by atoms with Gasteiger partial charge in [0.25, 0.3) is 5.91 Å². The molecule has 28 heavy (non-hydrogen) atoms. The topological polar surface area (TPSA) is 68.0 Å². The minimum atomic E-state index is -0.155. The van der Waals surface area contributed by atoms with Crippen molar-refractivity contribution in [3.05, 3.63) is 70.6 Å². The third-order valence-corrected chi connectivity index (χ3v) is 6.48. The predicted octanol–water partition coefficient (Wildman–Crippen LogP) is 5.75. The molecule has 2 aromatic carbocycles. The summed E-state index contributed by atoms with van der Waals surface area (Å²) in [6.07, 6.45) is 0. The minimum Gasteiger partial charge on any atom is -0.361 e. The van der Waals surface area contributed by atoms with Crippen molar-refractivity contribution in [3.8, 4) is 0 Å². The molecule has 1 N–H and O–H groups in total. The van der Waals surface area contributed by atoms with E-state index in [0.29, 0.717) is 16.4 Å². The van der Waals surface area contributed by atoms with E-state index in [1.165, 1.54) is 16.9 Å². The zero-order valence-corrected chi connectivity index (χ0v) is 17.4. The molecule has 0 fully saturated rings. The lowest BCUT2D eigenvalue weighted by atomic mass is 10.2. The van der Waals surface area contributed by atoms with Gasteiger partial charge in [-0.15, -0.1) is 11.8 Å². The van der Waals surface area contributed by atoms with E-state index in [9.17, 15) is 4.79 Å². The number of fused-ring (bicyclic) bond motifs is 1. The molecule has 0 aliphatic carbocycles. The van der Waals surface area contributed by atoms with Crippen LogP contribution in [0.1, 0.15) is 32.9 Å². The molecular formula is C21H19N3O2S2. The van der Waals surface area contributed by atoms with Crippen molar-refractivity contribution in [2.45, 2.75) is 31.4 Å². The van der Waals surface area contributed by atoms with Crippen LogP contribution < -0.4 is 5.32 Å². The number of benzene rings is 2. The molecule has 2 heterocycles. The SMILES string of the molecule is Cc1ccc2nc(NC(=O)c3ccccc3SCc3c(C)noc3C)sc2c1. The monoisotopic (exact) mass is 409 g/mol. The van der Waals surface area contributed by atoms with E-state index < -0.39 is 0 Å². The van der Waals surface area contributed by atoms with E-state index in [2.05, 4.69) is 21.5 Å². The van der Waals surface area contributed by atoms with Gasteiger partial charge in [0, 0.05) is 16.2 Å². The highest BCUT2D eigenvalue weighted by molar-refractivity contribution is 7.98. The number of aromatic nitrogens is 2. The maximum atomic E-state index is 12.9. The van der Waals surface area contributed by atoms with E-state index in [4.69, 9.17) is 4.52 Å². The number of thioether (sulfide) groups is 1. The maximum Gasteiger partial charge on any atom is 0.258 e. The lowest BCUT2D eigenvalue weighted by molar-refractivity contribution is 0.102. The Labute approximate surface area is 171 Å². The highest BCUT2D eigenvalue weighted by Gasteiger charge is 2.16. The van der Waals surface area contributed by atoms with Gasteiger partial charge < -0.3 is 4.52 Å². The molecule has 7 heteroatoms. The van der Waals surface area contributed by atoms with Gasteiger partial charge in [-0.2, -0.15) is 0 Å². The molecule has 0 spiro atoms. The summed E-state index contributed by atoms with van der Waals surface area (Å²) in [5, 5.41) is 7.55. The van der Waals surface area contributed by atoms with E-state index in [1.54, 1.807) is 11.8 Å². The van der Waals surface area contributed by atoms with Crippen molar-refractivity contribution in [2.24, 2.45) is 0 Å². The molecule has 4 rings (SSSR count). The molecule has 142 valence electrons. The number of aryl methyl sites for hydroxylation is 3. The van der Waals surface area contributed by atoms with Crippen LogP contribution in [0.15, 0.2) is 51.9 Å². The molecule has 0 radical (unpaired) electrons. The van der Waals surface area contributed by atoms with Crippen LogP contribution >= 0.6 is 23.1 Å². The van der Waals surface area contributed by atoms with Gasteiger partial charge >= 0.3 is 0 Å². The van der Waals surface area contributed by atoms with Gasteiger partial charge in [-0.3, -0.25) is 10.1 Å². The van der Waals surface area contributed by atoms with Crippen LogP contribution in [0.3, 0.4) is 0 Å². The first-order valence-corrected chi connectivity index (χ1v) is 10.6. The number of amides is 1. The van der Waals surface area contributed by atoms with Gasteiger partial charge in [-0.25, -0.2) is 4.98 Å². The molecule has 1 amide bonds. The summed E-state index contributed by atoms with van der Waals surface area (Å²) in [5.41, 5.74) is 4.66. The predicted molar refractivity (Wildman–Crippen MR) is 114 cm³/mol. The van der Waals surface area contributed by atoms with Crippen LogP contribution in [-0.2, 0) is 5.75 Å². The van der Waals surface area contributed by atoms with Crippen LogP contribution in [0.25, 0.3) is 10.2 Å². The summed E-state index contributed by atoms with van der Waals surface area (Å²) in [7, 11) is 0. The second-order valence-electron chi connectivity index (χ2n) is 6.53. The molecule has 5 nitrogen and oxygen atoms in total. The quantitative estimate of drug-likeness (QED) is 0.425. The summed E-state index contributed by atoms with van der Waals surface area (Å²) in [6, 6.07) is 13.7. The van der Waals surface area contributed by atoms with Crippen LogP contribution in [0.2, 0.25) is 0 Å². The Hall–Kier alpha value is -2.64. The summed E-state index contributed by atoms with van der Waals surface area (Å²) in [6.45, 7) is 5.88. The van der Waals surface area contributed by atoms with Gasteiger partial charge in [0.15, 0.2) is 5.13 Å². The zero-order valence-electron chi connectivity index (χ0n) is 15.8. The number of hydrogen-bond acceptors (Lipinski definition) is 6. The fourth-order valence-corrected chi connectivity index (χ4v) is 5.05. The van der Waals surface area contributed by atoms with Gasteiger partial charge in [-0.1, -0.05) is 34.7 Å². The smallest absolute Gasteiger partial charge is 0.258 e. The van der Waals surface area contributed by atoms with Crippen molar-refractivity contribution < 1.29 is 9.32 Å². The molecule has 0 bridgehead atoms. The number of nitrogens with zero attached hydrogens (tertiary/aromatic N) is 2. The number of hydrogen-bond donors (Lipinski definition) is 1. The standard InChI is InChI=1S/C21H19N3O2S2/c1-12-8-9-17-19(10-12)28-21(22-17)23-20(25)15-6-4-5-7-18(15)27-11-16-13(2)24-26-14(16)3/h4-10H,11H2,1-3H3,(H,22,23,25). The van der Waals surface area contributed by atoms with Crippen molar-refractivity contribution >= 4 is 44.4 Å². The van der Waals surface area contributed by atoms with Crippen molar-refractivity contribution in [1.82, 2.24) is 10.1 Å². The molecule has 0 aliphatic heterocycles. The average molecular weight is 410 g/mol. The summed E-state index contributed by atoms with van der Waals surface area (Å²) >= 11 is 3.09. The van der Waals surface area contributed by atoms with Gasteiger partial charge in [0.1, 0.15) is 5.76 Å². The third kappa shape index (κ3) is 3.81. The first-order valence-electron chi connectivity index (χ1n) is 8.83. The van der Waals surface area contributed by atoms with Crippen LogP contribution in [0.5, 0.6) is 0 Å². The average Bonchev–Trinajstić information content (AvgIpc) is 3.22. The molecule has 0 aliphatic rings. The summed E-state index contributed by atoms with van der Waals surface area (Å²) in [5.74, 6) is 1.36. The van der Waals surface area contributed by atoms with E-state index in [1.807, 2.05) is 57.2 Å².